The summed E-state index contributed by atoms with van der Waals surface area (Å²) >= 11 is 1.70. The molecule has 2 aromatic rings. The number of amides is 1. The molecule has 0 aliphatic carbocycles. The van der Waals surface area contributed by atoms with Crippen LogP contribution in [0.5, 0.6) is 0 Å². The zero-order valence-corrected chi connectivity index (χ0v) is 18.8. The number of carbonyl (C=O) groups excluding carboxylic acids is 1. The minimum atomic E-state index is 0.116. The van der Waals surface area contributed by atoms with E-state index in [1.54, 1.807) is 11.3 Å². The molecule has 4 rings (SSSR count). The van der Waals surface area contributed by atoms with Gasteiger partial charge in [0, 0.05) is 69.3 Å². The van der Waals surface area contributed by atoms with E-state index >= 15 is 0 Å². The van der Waals surface area contributed by atoms with Crippen molar-refractivity contribution >= 4 is 28.2 Å². The monoisotopic (exact) mass is 428 g/mol. The molecule has 7 nitrogen and oxygen atoms in total. The van der Waals surface area contributed by atoms with E-state index in [-0.39, 0.29) is 17.9 Å². The van der Waals surface area contributed by atoms with Gasteiger partial charge in [0.15, 0.2) is 5.13 Å². The van der Waals surface area contributed by atoms with Crippen molar-refractivity contribution in [3.63, 3.8) is 0 Å². The van der Waals surface area contributed by atoms with Crippen molar-refractivity contribution in [3.05, 3.63) is 35.5 Å². The Labute approximate surface area is 183 Å². The third-order valence-electron chi connectivity index (χ3n) is 6.01. The van der Waals surface area contributed by atoms with Crippen molar-refractivity contribution in [3.8, 4) is 0 Å². The quantitative estimate of drug-likeness (QED) is 0.762. The van der Waals surface area contributed by atoms with E-state index in [1.807, 2.05) is 25.3 Å². The van der Waals surface area contributed by atoms with E-state index in [1.165, 1.54) is 0 Å². The van der Waals surface area contributed by atoms with Crippen LogP contribution in [0.3, 0.4) is 0 Å². The molecule has 2 saturated heterocycles. The van der Waals surface area contributed by atoms with Crippen molar-refractivity contribution < 1.29 is 4.79 Å². The highest BCUT2D eigenvalue weighted by Crippen LogP contribution is 2.26. The molecule has 0 bridgehead atoms. The van der Waals surface area contributed by atoms with Gasteiger partial charge in [-0.3, -0.25) is 9.69 Å². The lowest BCUT2D eigenvalue weighted by Gasteiger charge is -2.37. The van der Waals surface area contributed by atoms with E-state index in [2.05, 4.69) is 48.4 Å². The number of thiazole rings is 1. The Morgan fingerprint density at radius 2 is 1.93 bits per heavy atom. The molecule has 1 N–H and O–H groups in total. The van der Waals surface area contributed by atoms with E-state index in [9.17, 15) is 4.79 Å². The van der Waals surface area contributed by atoms with E-state index < -0.39 is 0 Å². The lowest BCUT2D eigenvalue weighted by molar-refractivity contribution is -0.126. The fraction of sp³-hybridized carbons (Fsp3) is 0.591. The zero-order chi connectivity index (χ0) is 20.9. The van der Waals surface area contributed by atoms with Crippen molar-refractivity contribution in [1.29, 1.82) is 0 Å². The minimum absolute atomic E-state index is 0.116. The molecule has 2 aliphatic rings. The minimum Gasteiger partial charge on any atom is -0.354 e. The van der Waals surface area contributed by atoms with Gasteiger partial charge >= 0.3 is 0 Å². The average Bonchev–Trinajstić information content (AvgIpc) is 3.21. The number of anilines is 2. The summed E-state index contributed by atoms with van der Waals surface area (Å²) in [5.74, 6) is 1.38. The number of nitrogens with zero attached hydrogens (tertiary/aromatic N) is 5. The first kappa shape index (κ1) is 21.1. The predicted molar refractivity (Wildman–Crippen MR) is 122 cm³/mol. The molecule has 4 heterocycles. The number of rotatable bonds is 6. The molecule has 0 spiro atoms. The van der Waals surface area contributed by atoms with Crippen LogP contribution in [-0.2, 0) is 4.79 Å². The number of aromatic nitrogens is 2. The lowest BCUT2D eigenvalue weighted by atomic mass is 9.96. The molecule has 0 aromatic carbocycles. The molecule has 30 heavy (non-hydrogen) atoms. The van der Waals surface area contributed by atoms with Crippen LogP contribution >= 0.6 is 11.3 Å². The van der Waals surface area contributed by atoms with Crippen molar-refractivity contribution in [2.45, 2.75) is 32.7 Å². The topological polar surface area (TPSA) is 64.6 Å². The van der Waals surface area contributed by atoms with Crippen LogP contribution in [0, 0.1) is 12.8 Å². The van der Waals surface area contributed by atoms with Gasteiger partial charge in [0.1, 0.15) is 5.82 Å². The zero-order valence-electron chi connectivity index (χ0n) is 18.0. The highest BCUT2D eigenvalue weighted by atomic mass is 32.1. The summed E-state index contributed by atoms with van der Waals surface area (Å²) in [5, 5.41) is 6.44. The second-order valence-corrected chi connectivity index (χ2v) is 9.25. The van der Waals surface area contributed by atoms with Crippen LogP contribution in [-0.4, -0.2) is 72.6 Å². The summed E-state index contributed by atoms with van der Waals surface area (Å²) in [5.41, 5.74) is 1.07. The molecule has 1 unspecified atom stereocenters. The van der Waals surface area contributed by atoms with Crippen LogP contribution in [0.25, 0.3) is 0 Å². The molecular weight excluding hydrogens is 396 g/mol. The fourth-order valence-corrected chi connectivity index (χ4v) is 5.17. The van der Waals surface area contributed by atoms with E-state index in [4.69, 9.17) is 0 Å². The summed E-state index contributed by atoms with van der Waals surface area (Å²) in [6.45, 7) is 10.8. The normalized spacial score (nSPS) is 19.7. The molecule has 0 radical (unpaired) electrons. The molecular formula is C22H32N6OS. The van der Waals surface area contributed by atoms with Crippen molar-refractivity contribution in [1.82, 2.24) is 20.2 Å². The second-order valence-electron chi connectivity index (χ2n) is 8.42. The number of aryl methyl sites for hydroxylation is 1. The Morgan fingerprint density at radius 3 is 2.57 bits per heavy atom. The number of carbonyl (C=O) groups is 1. The third kappa shape index (κ3) is 5.29. The number of piperazine rings is 1. The highest BCUT2D eigenvalue weighted by molar-refractivity contribution is 7.13. The van der Waals surface area contributed by atoms with Gasteiger partial charge in [-0.25, -0.2) is 9.97 Å². The summed E-state index contributed by atoms with van der Waals surface area (Å²) in [4.78, 5) is 28.9. The first-order chi connectivity index (χ1) is 14.6. The first-order valence-corrected chi connectivity index (χ1v) is 11.8. The van der Waals surface area contributed by atoms with Crippen LogP contribution in [0.4, 0.5) is 10.9 Å². The average molecular weight is 429 g/mol. The maximum atomic E-state index is 12.8. The Hall–Kier alpha value is -2.19. The van der Waals surface area contributed by atoms with Gasteiger partial charge in [-0.15, -0.1) is 11.3 Å². The van der Waals surface area contributed by atoms with E-state index in [0.29, 0.717) is 0 Å². The second kappa shape index (κ2) is 9.75. The standard InChI is InChI=1S/C22H32N6OS/c1-17(15-26-11-13-27(14-12-26)20-5-3-4-8-23-20)24-21(29)19-6-9-28(10-7-19)22-25-18(2)16-30-22/h3-5,8,16-17,19H,6-7,9-15H2,1-2H3,(H,24,29). The largest absolute Gasteiger partial charge is 0.354 e. The van der Waals surface area contributed by atoms with Gasteiger partial charge in [-0.1, -0.05) is 6.07 Å². The SMILES string of the molecule is Cc1csc(N2CCC(C(=O)NC(C)CN3CCN(c4ccccn4)CC3)CC2)n1. The van der Waals surface area contributed by atoms with Crippen LogP contribution in [0.2, 0.25) is 0 Å². The Bertz CT molecular complexity index is 812. The van der Waals surface area contributed by atoms with Gasteiger partial charge < -0.3 is 15.1 Å². The van der Waals surface area contributed by atoms with Gasteiger partial charge in [0.05, 0.1) is 5.69 Å². The fourth-order valence-electron chi connectivity index (χ4n) is 4.31. The predicted octanol–water partition coefficient (Wildman–Crippen LogP) is 2.39. The Morgan fingerprint density at radius 1 is 1.17 bits per heavy atom. The molecule has 2 aromatic heterocycles. The number of nitrogens with one attached hydrogen (secondary N) is 1. The summed E-state index contributed by atoms with van der Waals surface area (Å²) < 4.78 is 0. The number of hydrogen-bond donors (Lipinski definition) is 1. The summed E-state index contributed by atoms with van der Waals surface area (Å²) in [6, 6.07) is 6.22. The van der Waals surface area contributed by atoms with Gasteiger partial charge in [-0.2, -0.15) is 0 Å². The number of hydrogen-bond acceptors (Lipinski definition) is 7. The van der Waals surface area contributed by atoms with Gasteiger partial charge in [0.2, 0.25) is 5.91 Å². The van der Waals surface area contributed by atoms with Crippen LogP contribution in [0.1, 0.15) is 25.5 Å². The lowest BCUT2D eigenvalue weighted by Crippen LogP contribution is -2.52. The third-order valence-corrected chi connectivity index (χ3v) is 7.03. The highest BCUT2D eigenvalue weighted by Gasteiger charge is 2.27. The van der Waals surface area contributed by atoms with Crippen molar-refractivity contribution in [2.24, 2.45) is 5.92 Å². The Kier molecular flexibility index (Phi) is 6.84. The molecule has 2 fully saturated rings. The molecule has 8 heteroatoms. The van der Waals surface area contributed by atoms with Crippen molar-refractivity contribution in [2.75, 3.05) is 55.6 Å². The molecule has 1 amide bonds. The maximum Gasteiger partial charge on any atom is 0.223 e. The number of piperidine rings is 1. The van der Waals surface area contributed by atoms with Crippen LogP contribution < -0.4 is 15.1 Å². The maximum absolute atomic E-state index is 12.8. The van der Waals surface area contributed by atoms with E-state index in [0.717, 1.165) is 75.3 Å². The summed E-state index contributed by atoms with van der Waals surface area (Å²) in [7, 11) is 0. The molecule has 2 aliphatic heterocycles. The Balaban J connectivity index is 1.17. The van der Waals surface area contributed by atoms with Crippen LogP contribution in [0.15, 0.2) is 29.8 Å². The first-order valence-electron chi connectivity index (χ1n) is 10.9. The molecule has 0 saturated carbocycles. The van der Waals surface area contributed by atoms with Gasteiger partial charge in [0.25, 0.3) is 0 Å². The summed E-state index contributed by atoms with van der Waals surface area (Å²) in [6.07, 6.45) is 3.65. The molecule has 1 atom stereocenters. The smallest absolute Gasteiger partial charge is 0.223 e. The number of pyridine rings is 1. The van der Waals surface area contributed by atoms with Gasteiger partial charge in [-0.05, 0) is 38.8 Å². The molecule has 162 valence electrons.